The number of hydrogen-bond acceptors (Lipinski definition) is 5. The van der Waals surface area contributed by atoms with E-state index in [1.807, 2.05) is 26.8 Å². The summed E-state index contributed by atoms with van der Waals surface area (Å²) in [7, 11) is 0. The maximum Gasteiger partial charge on any atom is 0.338 e. The van der Waals surface area contributed by atoms with E-state index in [-0.39, 0.29) is 12.2 Å². The molecule has 4 aromatic rings. The fraction of sp³-hybridized carbons (Fsp3) is 0.182. The van der Waals surface area contributed by atoms with E-state index in [0.717, 1.165) is 22.6 Å². The van der Waals surface area contributed by atoms with E-state index in [1.54, 1.807) is 41.2 Å². The first kappa shape index (κ1) is 19.8. The SMILES string of the molecule is Cc1ccn2c(=O)cc(COC(=O)c3ccc(-n4nc(C)c(Cl)c4C)cc3)nc2c1. The molecular weight excluding hydrogens is 404 g/mol. The molecule has 3 heterocycles. The summed E-state index contributed by atoms with van der Waals surface area (Å²) in [6, 6.07) is 11.9. The molecule has 0 amide bonds. The van der Waals surface area contributed by atoms with Crippen LogP contribution >= 0.6 is 11.6 Å². The van der Waals surface area contributed by atoms with Crippen molar-refractivity contribution in [1.82, 2.24) is 19.2 Å². The Labute approximate surface area is 177 Å². The van der Waals surface area contributed by atoms with E-state index < -0.39 is 5.97 Å². The van der Waals surface area contributed by atoms with Gasteiger partial charge in [0.25, 0.3) is 5.56 Å². The summed E-state index contributed by atoms with van der Waals surface area (Å²) in [5, 5.41) is 5.02. The second-order valence-corrected chi connectivity index (χ2v) is 7.42. The van der Waals surface area contributed by atoms with Gasteiger partial charge in [-0.15, -0.1) is 0 Å². The molecule has 152 valence electrons. The molecule has 8 heteroatoms. The predicted octanol–water partition coefficient (Wildman–Crippen LogP) is 3.82. The summed E-state index contributed by atoms with van der Waals surface area (Å²) >= 11 is 6.20. The predicted molar refractivity (Wildman–Crippen MR) is 113 cm³/mol. The first-order chi connectivity index (χ1) is 14.3. The molecule has 30 heavy (non-hydrogen) atoms. The Balaban J connectivity index is 1.50. The van der Waals surface area contributed by atoms with Crippen LogP contribution in [0, 0.1) is 20.8 Å². The molecule has 0 aliphatic heterocycles. The van der Waals surface area contributed by atoms with E-state index in [1.165, 1.54) is 10.5 Å². The number of carbonyl (C=O) groups excluding carboxylic acids is 1. The number of halogens is 1. The molecule has 0 spiro atoms. The number of benzene rings is 1. The van der Waals surface area contributed by atoms with Crippen LogP contribution in [0.4, 0.5) is 0 Å². The van der Waals surface area contributed by atoms with E-state index in [4.69, 9.17) is 16.3 Å². The van der Waals surface area contributed by atoms with Crippen molar-refractivity contribution in [3.63, 3.8) is 0 Å². The van der Waals surface area contributed by atoms with Crippen LogP contribution in [0.15, 0.2) is 53.5 Å². The lowest BCUT2D eigenvalue weighted by Gasteiger charge is -2.08. The molecule has 0 aliphatic rings. The Kier molecular flexibility index (Phi) is 5.13. The number of nitrogens with zero attached hydrogens (tertiary/aromatic N) is 4. The summed E-state index contributed by atoms with van der Waals surface area (Å²) < 4.78 is 8.52. The highest BCUT2D eigenvalue weighted by atomic mass is 35.5. The molecule has 0 saturated heterocycles. The summed E-state index contributed by atoms with van der Waals surface area (Å²) in [6.45, 7) is 5.55. The van der Waals surface area contributed by atoms with Gasteiger partial charge in [-0.3, -0.25) is 9.20 Å². The molecule has 0 radical (unpaired) electrons. The van der Waals surface area contributed by atoms with Gasteiger partial charge in [-0.2, -0.15) is 5.10 Å². The van der Waals surface area contributed by atoms with Crippen molar-refractivity contribution in [1.29, 1.82) is 0 Å². The Morgan fingerprint density at radius 1 is 1.10 bits per heavy atom. The normalized spacial score (nSPS) is 11.1. The van der Waals surface area contributed by atoms with Gasteiger partial charge >= 0.3 is 5.97 Å². The van der Waals surface area contributed by atoms with Crippen molar-refractivity contribution in [2.45, 2.75) is 27.4 Å². The molecule has 0 N–H and O–H groups in total. The van der Waals surface area contributed by atoms with Crippen LogP contribution in [0.25, 0.3) is 11.3 Å². The monoisotopic (exact) mass is 422 g/mol. The van der Waals surface area contributed by atoms with E-state index >= 15 is 0 Å². The molecule has 7 nitrogen and oxygen atoms in total. The minimum absolute atomic E-state index is 0.0899. The minimum Gasteiger partial charge on any atom is -0.456 e. The Hall–Kier alpha value is -3.45. The number of aromatic nitrogens is 4. The molecular formula is C22H19ClN4O3. The highest BCUT2D eigenvalue weighted by Crippen LogP contribution is 2.22. The highest BCUT2D eigenvalue weighted by molar-refractivity contribution is 6.31. The molecule has 0 aliphatic carbocycles. The van der Waals surface area contributed by atoms with Crippen LogP contribution in [-0.4, -0.2) is 25.1 Å². The van der Waals surface area contributed by atoms with Gasteiger partial charge in [-0.25, -0.2) is 14.5 Å². The van der Waals surface area contributed by atoms with Crippen molar-refractivity contribution in [3.8, 4) is 5.69 Å². The van der Waals surface area contributed by atoms with Gasteiger partial charge in [-0.1, -0.05) is 11.6 Å². The number of hydrogen-bond donors (Lipinski definition) is 0. The Morgan fingerprint density at radius 3 is 2.50 bits per heavy atom. The number of carbonyl (C=O) groups is 1. The third kappa shape index (κ3) is 3.71. The summed E-state index contributed by atoms with van der Waals surface area (Å²) in [5.41, 5.74) is 4.42. The topological polar surface area (TPSA) is 78.5 Å². The smallest absolute Gasteiger partial charge is 0.338 e. The summed E-state index contributed by atoms with van der Waals surface area (Å²) in [4.78, 5) is 29.0. The van der Waals surface area contributed by atoms with Gasteiger partial charge in [0.1, 0.15) is 12.3 Å². The molecule has 0 unspecified atom stereocenters. The maximum absolute atomic E-state index is 12.4. The number of ether oxygens (including phenoxy) is 1. The largest absolute Gasteiger partial charge is 0.456 e. The first-order valence-corrected chi connectivity index (χ1v) is 9.69. The van der Waals surface area contributed by atoms with Crippen LogP contribution in [-0.2, 0) is 11.3 Å². The lowest BCUT2D eigenvalue weighted by molar-refractivity contribution is 0.0467. The first-order valence-electron chi connectivity index (χ1n) is 9.32. The minimum atomic E-state index is -0.501. The lowest BCUT2D eigenvalue weighted by Crippen LogP contribution is -2.16. The van der Waals surface area contributed by atoms with Crippen molar-refractivity contribution < 1.29 is 9.53 Å². The zero-order valence-electron chi connectivity index (χ0n) is 16.7. The third-order valence-electron chi connectivity index (χ3n) is 4.78. The average molecular weight is 423 g/mol. The van der Waals surface area contributed by atoms with Crippen LogP contribution < -0.4 is 5.56 Å². The summed E-state index contributed by atoms with van der Waals surface area (Å²) in [5.74, 6) is -0.501. The average Bonchev–Trinajstić information content (AvgIpc) is 2.99. The number of pyridine rings is 1. The van der Waals surface area contributed by atoms with Gasteiger partial charge in [0.2, 0.25) is 0 Å². The van der Waals surface area contributed by atoms with Crippen LogP contribution in [0.3, 0.4) is 0 Å². The van der Waals surface area contributed by atoms with Gasteiger partial charge < -0.3 is 4.74 Å². The molecule has 4 rings (SSSR count). The van der Waals surface area contributed by atoms with E-state index in [0.29, 0.717) is 21.9 Å². The van der Waals surface area contributed by atoms with Gasteiger partial charge in [0.15, 0.2) is 0 Å². The number of aryl methyl sites for hydroxylation is 2. The second-order valence-electron chi connectivity index (χ2n) is 7.04. The molecule has 3 aromatic heterocycles. The Morgan fingerprint density at radius 2 is 1.83 bits per heavy atom. The fourth-order valence-corrected chi connectivity index (χ4v) is 3.28. The molecule has 0 fully saturated rings. The van der Waals surface area contributed by atoms with Crippen molar-refractivity contribution in [2.75, 3.05) is 0 Å². The van der Waals surface area contributed by atoms with E-state index in [9.17, 15) is 9.59 Å². The lowest BCUT2D eigenvalue weighted by atomic mass is 10.2. The molecule has 1 aromatic carbocycles. The summed E-state index contributed by atoms with van der Waals surface area (Å²) in [6.07, 6.45) is 1.67. The van der Waals surface area contributed by atoms with Gasteiger partial charge in [0.05, 0.1) is 33.4 Å². The zero-order chi connectivity index (χ0) is 21.4. The second kappa shape index (κ2) is 7.76. The van der Waals surface area contributed by atoms with E-state index in [2.05, 4.69) is 10.1 Å². The van der Waals surface area contributed by atoms with Crippen molar-refractivity contribution in [3.05, 3.63) is 92.2 Å². The number of fused-ring (bicyclic) bond motifs is 1. The fourth-order valence-electron chi connectivity index (χ4n) is 3.16. The maximum atomic E-state index is 12.4. The molecule has 0 bridgehead atoms. The molecule has 0 saturated carbocycles. The third-order valence-corrected chi connectivity index (χ3v) is 5.32. The van der Waals surface area contributed by atoms with Crippen molar-refractivity contribution >= 4 is 23.2 Å². The van der Waals surface area contributed by atoms with Crippen LogP contribution in [0.2, 0.25) is 5.02 Å². The van der Waals surface area contributed by atoms with Crippen molar-refractivity contribution in [2.24, 2.45) is 0 Å². The van der Waals surface area contributed by atoms with Crippen LogP contribution in [0.5, 0.6) is 0 Å². The Bertz CT molecular complexity index is 1320. The number of esters is 1. The van der Waals surface area contributed by atoms with Gasteiger partial charge in [0, 0.05) is 12.3 Å². The quantitative estimate of drug-likeness (QED) is 0.467. The molecule has 0 atom stereocenters. The highest BCUT2D eigenvalue weighted by Gasteiger charge is 2.13. The number of rotatable bonds is 4. The standard InChI is InChI=1S/C22H19ClN4O3/c1-13-8-9-26-19(10-13)24-17(11-20(26)28)12-30-22(29)16-4-6-18(7-5-16)27-15(3)21(23)14(2)25-27/h4-11H,12H2,1-3H3. The zero-order valence-corrected chi connectivity index (χ0v) is 17.5. The van der Waals surface area contributed by atoms with Crippen LogP contribution in [0.1, 0.15) is 33.0 Å². The van der Waals surface area contributed by atoms with Gasteiger partial charge in [-0.05, 0) is 62.7 Å².